The van der Waals surface area contributed by atoms with E-state index < -0.39 is 11.8 Å². The zero-order valence-electron chi connectivity index (χ0n) is 13.8. The Morgan fingerprint density at radius 2 is 1.87 bits per heavy atom. The second-order valence-electron chi connectivity index (χ2n) is 7.24. The average Bonchev–Trinajstić information content (AvgIpc) is 2.55. The summed E-state index contributed by atoms with van der Waals surface area (Å²) in [4.78, 5) is 17.1. The van der Waals surface area contributed by atoms with Crippen molar-refractivity contribution in [3.8, 4) is 0 Å². The zero-order valence-corrected chi connectivity index (χ0v) is 13.8. The molecule has 2 atom stereocenters. The molecule has 3 aliphatic rings. The normalized spacial score (nSPS) is 32.7. The number of carbonyl (C=O) groups is 1. The predicted octanol–water partition coefficient (Wildman–Crippen LogP) is 2.53. The van der Waals surface area contributed by atoms with Gasteiger partial charge in [-0.3, -0.25) is 9.69 Å². The van der Waals surface area contributed by atoms with Crippen molar-refractivity contribution >= 4 is 5.91 Å². The van der Waals surface area contributed by atoms with Gasteiger partial charge in [-0.25, -0.2) is 8.78 Å². The summed E-state index contributed by atoms with van der Waals surface area (Å²) in [6, 6.07) is 0.185. The molecule has 0 aromatic carbocycles. The van der Waals surface area contributed by atoms with Crippen LogP contribution in [0.15, 0.2) is 0 Å². The quantitative estimate of drug-likeness (QED) is 0.797. The predicted molar refractivity (Wildman–Crippen MR) is 83.5 cm³/mol. The molecule has 1 saturated carbocycles. The van der Waals surface area contributed by atoms with Crippen molar-refractivity contribution in [2.45, 2.75) is 56.9 Å². The smallest absolute Gasteiger partial charge is 0.248 e. The van der Waals surface area contributed by atoms with Crippen LogP contribution in [-0.2, 0) is 9.53 Å². The van der Waals surface area contributed by atoms with Gasteiger partial charge in [0.25, 0.3) is 0 Å². The van der Waals surface area contributed by atoms with E-state index in [9.17, 15) is 13.6 Å². The first-order valence-corrected chi connectivity index (χ1v) is 9.03. The Kier molecular flexibility index (Phi) is 5.52. The van der Waals surface area contributed by atoms with Crippen LogP contribution >= 0.6 is 0 Å². The van der Waals surface area contributed by atoms with E-state index in [0.717, 1.165) is 58.7 Å². The van der Waals surface area contributed by atoms with E-state index in [2.05, 4.69) is 4.90 Å². The molecule has 2 heterocycles. The number of rotatable bonds is 3. The van der Waals surface area contributed by atoms with Crippen LogP contribution in [0.2, 0.25) is 0 Å². The second kappa shape index (κ2) is 7.43. The molecule has 23 heavy (non-hydrogen) atoms. The van der Waals surface area contributed by atoms with Crippen LogP contribution in [0.4, 0.5) is 8.78 Å². The van der Waals surface area contributed by atoms with Gasteiger partial charge in [0, 0.05) is 51.0 Å². The summed E-state index contributed by atoms with van der Waals surface area (Å²) < 4.78 is 32.7. The summed E-state index contributed by atoms with van der Waals surface area (Å²) in [5.74, 6) is -3.17. The molecule has 3 fully saturated rings. The van der Waals surface area contributed by atoms with Gasteiger partial charge >= 0.3 is 0 Å². The highest BCUT2D eigenvalue weighted by Gasteiger charge is 2.42. The lowest BCUT2D eigenvalue weighted by Crippen LogP contribution is -2.53. The van der Waals surface area contributed by atoms with Gasteiger partial charge in [-0.2, -0.15) is 0 Å². The van der Waals surface area contributed by atoms with Crippen molar-refractivity contribution in [1.82, 2.24) is 9.80 Å². The van der Waals surface area contributed by atoms with Gasteiger partial charge in [-0.1, -0.05) is 0 Å². The van der Waals surface area contributed by atoms with Gasteiger partial charge in [-0.15, -0.1) is 0 Å². The van der Waals surface area contributed by atoms with E-state index >= 15 is 0 Å². The van der Waals surface area contributed by atoms with Gasteiger partial charge in [0.15, 0.2) is 0 Å². The van der Waals surface area contributed by atoms with Gasteiger partial charge in [0.2, 0.25) is 11.8 Å². The Morgan fingerprint density at radius 3 is 2.61 bits per heavy atom. The van der Waals surface area contributed by atoms with Crippen molar-refractivity contribution in [1.29, 1.82) is 0 Å². The monoisotopic (exact) mass is 330 g/mol. The van der Waals surface area contributed by atoms with Crippen molar-refractivity contribution in [3.63, 3.8) is 0 Å². The molecule has 1 amide bonds. The summed E-state index contributed by atoms with van der Waals surface area (Å²) in [6.45, 7) is 4.89. The number of hydrogen-bond donors (Lipinski definition) is 0. The number of piperidine rings is 1. The molecule has 0 aromatic heterocycles. The summed E-state index contributed by atoms with van der Waals surface area (Å²) in [7, 11) is 0. The zero-order chi connectivity index (χ0) is 16.3. The van der Waals surface area contributed by atoms with E-state index in [0.29, 0.717) is 12.8 Å². The minimum atomic E-state index is -2.66. The fraction of sp³-hybridized carbons (Fsp3) is 0.941. The minimum Gasteiger partial charge on any atom is -0.379 e. The van der Waals surface area contributed by atoms with Crippen LogP contribution in [0.5, 0.6) is 0 Å². The third kappa shape index (κ3) is 4.41. The lowest BCUT2D eigenvalue weighted by Gasteiger charge is -2.42. The molecule has 3 rings (SSSR count). The summed E-state index contributed by atoms with van der Waals surface area (Å²) in [6.07, 6.45) is 3.88. The third-order valence-electron chi connectivity index (χ3n) is 5.47. The number of nitrogens with zero attached hydrogens (tertiary/aromatic N) is 2. The van der Waals surface area contributed by atoms with Crippen LogP contribution in [-0.4, -0.2) is 67.1 Å². The van der Waals surface area contributed by atoms with Crippen LogP contribution in [0, 0.1) is 5.92 Å². The number of likely N-dealkylation sites (tertiary alicyclic amines) is 1. The van der Waals surface area contributed by atoms with Crippen molar-refractivity contribution in [2.75, 3.05) is 39.4 Å². The lowest BCUT2D eigenvalue weighted by molar-refractivity contribution is -0.147. The first-order valence-electron chi connectivity index (χ1n) is 9.03. The molecular formula is C17H28F2N2O2. The maximum atomic E-state index is 13.7. The highest BCUT2D eigenvalue weighted by atomic mass is 19.3. The molecule has 0 N–H and O–H groups in total. The number of morpholine rings is 1. The summed E-state index contributed by atoms with van der Waals surface area (Å²) in [5, 5.41) is 0. The first-order chi connectivity index (χ1) is 11.1. The van der Waals surface area contributed by atoms with Crippen LogP contribution in [0.25, 0.3) is 0 Å². The van der Waals surface area contributed by atoms with Gasteiger partial charge in [-0.05, 0) is 32.1 Å². The summed E-state index contributed by atoms with van der Waals surface area (Å²) >= 11 is 0. The topological polar surface area (TPSA) is 32.8 Å². The molecule has 0 bridgehead atoms. The number of ether oxygens (including phenoxy) is 1. The highest BCUT2D eigenvalue weighted by molar-refractivity contribution is 5.79. The number of amides is 1. The molecule has 0 unspecified atom stereocenters. The molecule has 6 heteroatoms. The van der Waals surface area contributed by atoms with Crippen molar-refractivity contribution < 1.29 is 18.3 Å². The number of carbonyl (C=O) groups excluding carboxylic acids is 1. The van der Waals surface area contributed by atoms with E-state index in [4.69, 9.17) is 4.74 Å². The van der Waals surface area contributed by atoms with E-state index in [1.807, 2.05) is 4.90 Å². The number of halogens is 2. The van der Waals surface area contributed by atoms with E-state index in [-0.39, 0.29) is 24.8 Å². The van der Waals surface area contributed by atoms with Crippen LogP contribution in [0.3, 0.4) is 0 Å². The van der Waals surface area contributed by atoms with E-state index in [1.165, 1.54) is 0 Å². The Balaban J connectivity index is 1.61. The van der Waals surface area contributed by atoms with Crippen molar-refractivity contribution in [2.24, 2.45) is 5.92 Å². The summed E-state index contributed by atoms with van der Waals surface area (Å²) in [5.41, 5.74) is 0. The van der Waals surface area contributed by atoms with Crippen LogP contribution in [0.1, 0.15) is 44.9 Å². The SMILES string of the molecule is O=C([C@H]1CCCC(F)(F)C1)N1CCCC[C@H]1CN1CCOCC1. The maximum Gasteiger partial charge on any atom is 0.248 e. The van der Waals surface area contributed by atoms with Gasteiger partial charge in [0.1, 0.15) is 0 Å². The van der Waals surface area contributed by atoms with Crippen molar-refractivity contribution in [3.05, 3.63) is 0 Å². The molecule has 2 saturated heterocycles. The van der Waals surface area contributed by atoms with Gasteiger partial charge in [0.05, 0.1) is 13.2 Å². The number of alkyl halides is 2. The standard InChI is InChI=1S/C17H28F2N2O2/c18-17(19)6-3-4-14(12-17)16(22)21-7-2-1-5-15(21)13-20-8-10-23-11-9-20/h14-15H,1-13H2/t14-,15-/m0/s1. The third-order valence-corrected chi connectivity index (χ3v) is 5.47. The second-order valence-corrected chi connectivity index (χ2v) is 7.24. The first kappa shape index (κ1) is 17.1. The molecule has 2 aliphatic heterocycles. The molecule has 0 spiro atoms. The Labute approximate surface area is 137 Å². The molecule has 0 radical (unpaired) electrons. The maximum absolute atomic E-state index is 13.7. The lowest BCUT2D eigenvalue weighted by atomic mass is 9.84. The van der Waals surface area contributed by atoms with Crippen LogP contribution < -0.4 is 0 Å². The molecule has 132 valence electrons. The highest BCUT2D eigenvalue weighted by Crippen LogP contribution is 2.38. The molecule has 1 aliphatic carbocycles. The van der Waals surface area contributed by atoms with Gasteiger partial charge < -0.3 is 9.64 Å². The fourth-order valence-electron chi connectivity index (χ4n) is 4.18. The molecule has 0 aromatic rings. The number of hydrogen-bond acceptors (Lipinski definition) is 3. The van der Waals surface area contributed by atoms with E-state index in [1.54, 1.807) is 0 Å². The molecular weight excluding hydrogens is 302 g/mol. The Hall–Kier alpha value is -0.750. The Bertz CT molecular complexity index is 413. The largest absolute Gasteiger partial charge is 0.379 e. The fourth-order valence-corrected chi connectivity index (χ4v) is 4.18. The molecule has 4 nitrogen and oxygen atoms in total. The average molecular weight is 330 g/mol. The Morgan fingerprint density at radius 1 is 1.09 bits per heavy atom. The minimum absolute atomic E-state index is 0.0256.